The van der Waals surface area contributed by atoms with E-state index in [-0.39, 0.29) is 12.1 Å². The number of rotatable bonds is 2. The maximum Gasteiger partial charge on any atom is 0.237 e. The number of likely N-dealkylation sites (tertiary alicyclic amines) is 1. The number of carbonyl (C=O) groups is 1. The number of amides is 1. The van der Waals surface area contributed by atoms with E-state index in [0.29, 0.717) is 5.96 Å². The quantitative estimate of drug-likeness (QED) is 0.379. The summed E-state index contributed by atoms with van der Waals surface area (Å²) in [6.07, 6.45) is 3.10. The van der Waals surface area contributed by atoms with E-state index in [4.69, 9.17) is 10.5 Å². The van der Waals surface area contributed by atoms with Crippen LogP contribution < -0.4 is 11.2 Å². The van der Waals surface area contributed by atoms with Crippen LogP contribution in [-0.2, 0) is 9.53 Å². The standard InChI is InChI=1S/C9H18N4O2/c1-7(14)11-12-9(10)13-6-4-3-5-8(13)15-2/h8H,3-6H2,1-2H3,(H2,10,12)(H,11,14). The summed E-state index contributed by atoms with van der Waals surface area (Å²) in [7, 11) is 1.65. The summed E-state index contributed by atoms with van der Waals surface area (Å²) >= 11 is 0. The number of ether oxygens (including phenoxy) is 1. The van der Waals surface area contributed by atoms with Crippen molar-refractivity contribution >= 4 is 11.9 Å². The van der Waals surface area contributed by atoms with Crippen LogP contribution in [0.15, 0.2) is 5.10 Å². The number of hydrogen-bond donors (Lipinski definition) is 2. The Morgan fingerprint density at radius 3 is 2.93 bits per heavy atom. The summed E-state index contributed by atoms with van der Waals surface area (Å²) in [5.74, 6) is 0.0701. The number of piperidine rings is 1. The van der Waals surface area contributed by atoms with Gasteiger partial charge in [0.1, 0.15) is 6.23 Å². The summed E-state index contributed by atoms with van der Waals surface area (Å²) in [5, 5.41) is 3.79. The van der Waals surface area contributed by atoms with Crippen LogP contribution in [0.3, 0.4) is 0 Å². The number of guanidine groups is 1. The average Bonchev–Trinajstić information content (AvgIpc) is 2.25. The molecule has 3 N–H and O–H groups in total. The van der Waals surface area contributed by atoms with Crippen molar-refractivity contribution in [1.82, 2.24) is 10.3 Å². The molecule has 0 aromatic carbocycles. The fourth-order valence-corrected chi connectivity index (χ4v) is 1.61. The van der Waals surface area contributed by atoms with Gasteiger partial charge < -0.3 is 15.4 Å². The minimum Gasteiger partial charge on any atom is -0.368 e. The van der Waals surface area contributed by atoms with Crippen LogP contribution in [0.25, 0.3) is 0 Å². The SMILES string of the molecule is COC1CCCCN1/C(N)=N/NC(C)=O. The lowest BCUT2D eigenvalue weighted by atomic mass is 10.1. The zero-order chi connectivity index (χ0) is 11.3. The summed E-state index contributed by atoms with van der Waals surface area (Å²) < 4.78 is 5.28. The molecule has 1 aliphatic heterocycles. The van der Waals surface area contributed by atoms with E-state index in [1.54, 1.807) is 7.11 Å². The Labute approximate surface area is 89.4 Å². The first-order valence-electron chi connectivity index (χ1n) is 5.04. The number of carbonyl (C=O) groups excluding carboxylic acids is 1. The molecular formula is C9H18N4O2. The van der Waals surface area contributed by atoms with Crippen molar-refractivity contribution in [2.75, 3.05) is 13.7 Å². The second kappa shape index (κ2) is 5.55. The molecule has 0 aromatic heterocycles. The molecule has 0 bridgehead atoms. The van der Waals surface area contributed by atoms with Crippen molar-refractivity contribution in [3.05, 3.63) is 0 Å². The highest BCUT2D eigenvalue weighted by Gasteiger charge is 2.23. The van der Waals surface area contributed by atoms with Gasteiger partial charge in [0, 0.05) is 20.6 Å². The Morgan fingerprint density at radius 2 is 2.33 bits per heavy atom. The van der Waals surface area contributed by atoms with Gasteiger partial charge in [0.15, 0.2) is 0 Å². The number of nitrogens with one attached hydrogen (secondary N) is 1. The van der Waals surface area contributed by atoms with Crippen LogP contribution >= 0.6 is 0 Å². The van der Waals surface area contributed by atoms with Gasteiger partial charge in [0.05, 0.1) is 0 Å². The molecule has 0 aliphatic carbocycles. The monoisotopic (exact) mass is 214 g/mol. The number of hydrazone groups is 1. The second-order valence-corrected chi connectivity index (χ2v) is 3.52. The fraction of sp³-hybridized carbons (Fsp3) is 0.778. The summed E-state index contributed by atoms with van der Waals surface area (Å²) in [5.41, 5.74) is 8.06. The molecule has 86 valence electrons. The summed E-state index contributed by atoms with van der Waals surface area (Å²) in [6, 6.07) is 0. The van der Waals surface area contributed by atoms with Gasteiger partial charge in [-0.1, -0.05) is 0 Å². The molecule has 0 radical (unpaired) electrons. The van der Waals surface area contributed by atoms with Gasteiger partial charge >= 0.3 is 0 Å². The molecule has 0 spiro atoms. The largest absolute Gasteiger partial charge is 0.368 e. The molecule has 1 amide bonds. The van der Waals surface area contributed by atoms with Crippen molar-refractivity contribution in [3.63, 3.8) is 0 Å². The van der Waals surface area contributed by atoms with Crippen LogP contribution in [0.4, 0.5) is 0 Å². The van der Waals surface area contributed by atoms with Gasteiger partial charge in [-0.3, -0.25) is 4.79 Å². The second-order valence-electron chi connectivity index (χ2n) is 3.52. The molecular weight excluding hydrogens is 196 g/mol. The molecule has 0 saturated carbocycles. The topological polar surface area (TPSA) is 80.0 Å². The van der Waals surface area contributed by atoms with Gasteiger partial charge in [-0.2, -0.15) is 0 Å². The van der Waals surface area contributed by atoms with E-state index in [1.807, 2.05) is 4.90 Å². The molecule has 6 heteroatoms. The third kappa shape index (κ3) is 3.39. The Morgan fingerprint density at radius 1 is 1.60 bits per heavy atom. The van der Waals surface area contributed by atoms with Crippen LogP contribution in [-0.4, -0.2) is 36.6 Å². The average molecular weight is 214 g/mol. The lowest BCUT2D eigenvalue weighted by Crippen LogP contribution is -2.49. The Kier molecular flexibility index (Phi) is 4.36. The molecule has 1 rings (SSSR count). The molecule has 1 atom stereocenters. The summed E-state index contributed by atoms with van der Waals surface area (Å²) in [6.45, 7) is 2.20. The highest BCUT2D eigenvalue weighted by molar-refractivity contribution is 5.81. The first-order valence-corrected chi connectivity index (χ1v) is 5.04. The van der Waals surface area contributed by atoms with E-state index in [1.165, 1.54) is 6.92 Å². The lowest BCUT2D eigenvalue weighted by molar-refractivity contribution is -0.119. The zero-order valence-electron chi connectivity index (χ0n) is 9.19. The third-order valence-corrected chi connectivity index (χ3v) is 2.34. The smallest absolute Gasteiger partial charge is 0.237 e. The van der Waals surface area contributed by atoms with Crippen molar-refractivity contribution in [1.29, 1.82) is 0 Å². The van der Waals surface area contributed by atoms with Crippen molar-refractivity contribution in [2.45, 2.75) is 32.4 Å². The first-order chi connectivity index (χ1) is 7.15. The predicted octanol–water partition coefficient (Wildman–Crippen LogP) is -0.189. The van der Waals surface area contributed by atoms with E-state index in [0.717, 1.165) is 25.8 Å². The highest BCUT2D eigenvalue weighted by atomic mass is 16.5. The molecule has 15 heavy (non-hydrogen) atoms. The minimum absolute atomic E-state index is 0.0312. The summed E-state index contributed by atoms with van der Waals surface area (Å²) in [4.78, 5) is 12.5. The minimum atomic E-state index is -0.232. The molecule has 0 aromatic rings. The molecule has 1 aliphatic rings. The molecule has 1 fully saturated rings. The fourth-order valence-electron chi connectivity index (χ4n) is 1.61. The van der Waals surface area contributed by atoms with Gasteiger partial charge in [0.2, 0.25) is 11.9 Å². The van der Waals surface area contributed by atoms with Crippen LogP contribution in [0, 0.1) is 0 Å². The molecule has 6 nitrogen and oxygen atoms in total. The van der Waals surface area contributed by atoms with Crippen LogP contribution in [0.1, 0.15) is 26.2 Å². The molecule has 1 saturated heterocycles. The Hall–Kier alpha value is -1.30. The van der Waals surface area contributed by atoms with Gasteiger partial charge in [-0.25, -0.2) is 5.43 Å². The Balaban J connectivity index is 2.58. The highest BCUT2D eigenvalue weighted by Crippen LogP contribution is 2.16. The Bertz CT molecular complexity index is 254. The van der Waals surface area contributed by atoms with Gasteiger partial charge in [0.25, 0.3) is 0 Å². The number of methoxy groups -OCH3 is 1. The maximum absolute atomic E-state index is 10.7. The van der Waals surface area contributed by atoms with E-state index < -0.39 is 0 Å². The van der Waals surface area contributed by atoms with Gasteiger partial charge in [-0.05, 0) is 19.3 Å². The van der Waals surface area contributed by atoms with Gasteiger partial charge in [-0.15, -0.1) is 5.10 Å². The number of nitrogens with two attached hydrogens (primary N) is 1. The zero-order valence-corrected chi connectivity index (χ0v) is 9.19. The van der Waals surface area contributed by atoms with E-state index in [2.05, 4.69) is 10.5 Å². The van der Waals surface area contributed by atoms with E-state index >= 15 is 0 Å². The number of hydrogen-bond acceptors (Lipinski definition) is 3. The number of nitrogens with zero attached hydrogens (tertiary/aromatic N) is 2. The molecule has 1 unspecified atom stereocenters. The predicted molar refractivity (Wildman–Crippen MR) is 56.8 cm³/mol. The lowest BCUT2D eigenvalue weighted by Gasteiger charge is -2.34. The van der Waals surface area contributed by atoms with E-state index in [9.17, 15) is 4.79 Å². The maximum atomic E-state index is 10.7. The third-order valence-electron chi connectivity index (χ3n) is 2.34. The van der Waals surface area contributed by atoms with Crippen molar-refractivity contribution in [3.8, 4) is 0 Å². The van der Waals surface area contributed by atoms with Crippen molar-refractivity contribution in [2.24, 2.45) is 10.8 Å². The molecule has 1 heterocycles. The van der Waals surface area contributed by atoms with Crippen LogP contribution in [0.5, 0.6) is 0 Å². The normalized spacial score (nSPS) is 22.7. The van der Waals surface area contributed by atoms with Crippen molar-refractivity contribution < 1.29 is 9.53 Å². The first kappa shape index (κ1) is 11.8. The van der Waals surface area contributed by atoms with Crippen LogP contribution in [0.2, 0.25) is 0 Å².